The van der Waals surface area contributed by atoms with Gasteiger partial charge in [-0.2, -0.15) is 0 Å². The lowest BCUT2D eigenvalue weighted by Gasteiger charge is -2.24. The fourth-order valence-corrected chi connectivity index (χ4v) is 4.90. The number of fused-ring (bicyclic) bond motifs is 1. The third-order valence-electron chi connectivity index (χ3n) is 4.79. The minimum atomic E-state index is -0.627. The van der Waals surface area contributed by atoms with Gasteiger partial charge in [0.2, 0.25) is 0 Å². The normalized spacial score (nSPS) is 16.3. The van der Waals surface area contributed by atoms with Gasteiger partial charge in [0.15, 0.2) is 4.80 Å². The number of allylic oxidation sites excluding steroid dienone is 1. The van der Waals surface area contributed by atoms with E-state index in [0.29, 0.717) is 36.2 Å². The number of carbonyl (C=O) groups excluding carboxylic acids is 1. The molecule has 0 fully saturated rings. The Morgan fingerprint density at radius 1 is 1.20 bits per heavy atom. The van der Waals surface area contributed by atoms with E-state index in [9.17, 15) is 9.59 Å². The van der Waals surface area contributed by atoms with Crippen molar-refractivity contribution in [3.63, 3.8) is 0 Å². The van der Waals surface area contributed by atoms with Gasteiger partial charge in [0.1, 0.15) is 0 Å². The molecule has 8 heteroatoms. The zero-order chi connectivity index (χ0) is 21.4. The molecule has 2 aromatic carbocycles. The van der Waals surface area contributed by atoms with Crippen LogP contribution in [0.4, 0.5) is 0 Å². The number of halogens is 2. The van der Waals surface area contributed by atoms with Crippen LogP contribution in [0.15, 0.2) is 69.6 Å². The van der Waals surface area contributed by atoms with E-state index in [1.54, 1.807) is 31.2 Å². The fourth-order valence-electron chi connectivity index (χ4n) is 3.40. The summed E-state index contributed by atoms with van der Waals surface area (Å²) in [5.41, 5.74) is 2.07. The van der Waals surface area contributed by atoms with Gasteiger partial charge in [-0.3, -0.25) is 9.36 Å². The first-order chi connectivity index (χ1) is 14.4. The van der Waals surface area contributed by atoms with Gasteiger partial charge < -0.3 is 4.74 Å². The molecule has 1 aromatic heterocycles. The molecule has 0 aliphatic carbocycles. The van der Waals surface area contributed by atoms with Crippen molar-refractivity contribution in [2.45, 2.75) is 13.0 Å². The number of ether oxygens (including phenoxy) is 1. The Kier molecular flexibility index (Phi) is 5.64. The molecule has 1 atom stereocenters. The van der Waals surface area contributed by atoms with Gasteiger partial charge in [-0.15, -0.1) is 0 Å². The number of hydrogen-bond acceptors (Lipinski definition) is 5. The Morgan fingerprint density at radius 2 is 1.93 bits per heavy atom. The summed E-state index contributed by atoms with van der Waals surface area (Å²) in [6.07, 6.45) is 1.71. The van der Waals surface area contributed by atoms with E-state index in [4.69, 9.17) is 27.9 Å². The van der Waals surface area contributed by atoms with Gasteiger partial charge in [-0.05, 0) is 36.3 Å². The smallest absolute Gasteiger partial charge is 0.338 e. The summed E-state index contributed by atoms with van der Waals surface area (Å²) in [6.45, 7) is 1.75. The predicted octanol–water partition coefficient (Wildman–Crippen LogP) is 3.72. The molecule has 0 N–H and O–H groups in total. The SMILES string of the molecule is COC(=O)C1=C(C)N=c2sc(=Cc3ccc(Cl)cc3Cl)c(=O)n2[C@@H]1c1ccccc1. The number of esters is 1. The molecule has 0 spiro atoms. The van der Waals surface area contributed by atoms with Crippen LogP contribution >= 0.6 is 34.5 Å². The maximum atomic E-state index is 13.4. The van der Waals surface area contributed by atoms with Crippen LogP contribution in [0.3, 0.4) is 0 Å². The molecule has 0 unspecified atom stereocenters. The summed E-state index contributed by atoms with van der Waals surface area (Å²) in [7, 11) is 1.32. The first-order valence-corrected chi connectivity index (χ1v) is 10.6. The van der Waals surface area contributed by atoms with E-state index in [1.165, 1.54) is 23.0 Å². The molecule has 0 saturated heterocycles. The number of nitrogens with zero attached hydrogens (tertiary/aromatic N) is 2. The second-order valence-corrected chi connectivity index (χ2v) is 8.50. The summed E-state index contributed by atoms with van der Waals surface area (Å²) >= 11 is 13.5. The maximum absolute atomic E-state index is 13.4. The number of carbonyl (C=O) groups is 1. The van der Waals surface area contributed by atoms with Crippen LogP contribution in [0.5, 0.6) is 0 Å². The lowest BCUT2D eigenvalue weighted by Crippen LogP contribution is -2.39. The topological polar surface area (TPSA) is 60.7 Å². The quantitative estimate of drug-likeness (QED) is 0.561. The minimum Gasteiger partial charge on any atom is -0.466 e. The third-order valence-corrected chi connectivity index (χ3v) is 6.34. The molecule has 5 nitrogen and oxygen atoms in total. The van der Waals surface area contributed by atoms with Crippen molar-refractivity contribution in [3.05, 3.63) is 101 Å². The van der Waals surface area contributed by atoms with Crippen molar-refractivity contribution in [3.8, 4) is 0 Å². The van der Waals surface area contributed by atoms with Crippen LogP contribution in [-0.2, 0) is 9.53 Å². The van der Waals surface area contributed by atoms with E-state index in [-0.39, 0.29) is 5.56 Å². The number of rotatable bonds is 3. The van der Waals surface area contributed by atoms with E-state index >= 15 is 0 Å². The van der Waals surface area contributed by atoms with Crippen LogP contribution in [0.1, 0.15) is 24.1 Å². The molecule has 0 amide bonds. The van der Waals surface area contributed by atoms with E-state index in [1.807, 2.05) is 30.3 Å². The Bertz CT molecular complexity index is 1360. The second-order valence-electron chi connectivity index (χ2n) is 6.65. The van der Waals surface area contributed by atoms with Gasteiger partial charge in [0.05, 0.1) is 29.0 Å². The summed E-state index contributed by atoms with van der Waals surface area (Å²) in [5.74, 6) is -0.514. The minimum absolute atomic E-state index is 0.257. The second kappa shape index (κ2) is 8.22. The molecule has 0 bridgehead atoms. The van der Waals surface area contributed by atoms with Gasteiger partial charge in [0, 0.05) is 10.0 Å². The van der Waals surface area contributed by atoms with Crippen LogP contribution in [0.2, 0.25) is 10.0 Å². The zero-order valence-corrected chi connectivity index (χ0v) is 18.4. The molecule has 1 aliphatic heterocycles. The molecular formula is C22H16Cl2N2O3S. The average Bonchev–Trinajstić information content (AvgIpc) is 3.04. The Hall–Kier alpha value is -2.67. The highest BCUT2D eigenvalue weighted by atomic mass is 35.5. The predicted molar refractivity (Wildman–Crippen MR) is 119 cm³/mol. The molecule has 4 rings (SSSR count). The van der Waals surface area contributed by atoms with Gasteiger partial charge in [0.25, 0.3) is 5.56 Å². The van der Waals surface area contributed by atoms with Crippen molar-refractivity contribution in [2.24, 2.45) is 4.99 Å². The lowest BCUT2D eigenvalue weighted by molar-refractivity contribution is -0.136. The lowest BCUT2D eigenvalue weighted by atomic mass is 9.96. The number of thiazole rings is 1. The molecule has 30 heavy (non-hydrogen) atoms. The fraction of sp³-hybridized carbons (Fsp3) is 0.136. The summed E-state index contributed by atoms with van der Waals surface area (Å²) in [6, 6.07) is 13.8. The largest absolute Gasteiger partial charge is 0.466 e. The molecule has 3 aromatic rings. The Morgan fingerprint density at radius 3 is 2.60 bits per heavy atom. The Balaban J connectivity index is 1.98. The van der Waals surface area contributed by atoms with Crippen molar-refractivity contribution in [1.82, 2.24) is 4.57 Å². The van der Waals surface area contributed by atoms with Gasteiger partial charge >= 0.3 is 5.97 Å². The number of hydrogen-bond donors (Lipinski definition) is 0. The van der Waals surface area contributed by atoms with Crippen LogP contribution in [0, 0.1) is 0 Å². The number of methoxy groups -OCH3 is 1. The monoisotopic (exact) mass is 458 g/mol. The molecule has 1 aliphatic rings. The van der Waals surface area contributed by atoms with Crippen molar-refractivity contribution in [2.75, 3.05) is 7.11 Å². The van der Waals surface area contributed by atoms with E-state index < -0.39 is 12.0 Å². The van der Waals surface area contributed by atoms with Gasteiger partial charge in [-0.1, -0.05) is 70.9 Å². The summed E-state index contributed by atoms with van der Waals surface area (Å²) in [4.78, 5) is 31.0. The maximum Gasteiger partial charge on any atom is 0.338 e. The number of benzene rings is 2. The highest BCUT2D eigenvalue weighted by Gasteiger charge is 2.32. The van der Waals surface area contributed by atoms with Crippen molar-refractivity contribution in [1.29, 1.82) is 0 Å². The van der Waals surface area contributed by atoms with E-state index in [2.05, 4.69) is 4.99 Å². The van der Waals surface area contributed by atoms with Crippen LogP contribution in [-0.4, -0.2) is 17.6 Å². The van der Waals surface area contributed by atoms with Crippen molar-refractivity contribution >= 4 is 46.6 Å². The first kappa shape index (κ1) is 20.6. The molecule has 0 saturated carbocycles. The highest BCUT2D eigenvalue weighted by molar-refractivity contribution is 7.07. The molecule has 2 heterocycles. The van der Waals surface area contributed by atoms with Crippen LogP contribution < -0.4 is 14.9 Å². The molecule has 0 radical (unpaired) electrons. The molecular weight excluding hydrogens is 443 g/mol. The molecule has 152 valence electrons. The van der Waals surface area contributed by atoms with Crippen molar-refractivity contribution < 1.29 is 9.53 Å². The average molecular weight is 459 g/mol. The number of aromatic nitrogens is 1. The highest BCUT2D eigenvalue weighted by Crippen LogP contribution is 2.30. The summed E-state index contributed by atoms with van der Waals surface area (Å²) < 4.78 is 6.98. The van der Waals surface area contributed by atoms with E-state index in [0.717, 1.165) is 5.56 Å². The Labute approximate surface area is 186 Å². The zero-order valence-electron chi connectivity index (χ0n) is 16.1. The van der Waals surface area contributed by atoms with Gasteiger partial charge in [-0.25, -0.2) is 9.79 Å². The first-order valence-electron chi connectivity index (χ1n) is 9.01. The third kappa shape index (κ3) is 3.62. The van der Waals surface area contributed by atoms with Crippen LogP contribution in [0.25, 0.3) is 6.08 Å². The summed E-state index contributed by atoms with van der Waals surface area (Å²) in [5, 5.41) is 0.959. The standard InChI is InChI=1S/C22H16Cl2N2O3S/c1-12-18(21(28)29-2)19(13-6-4-3-5-7-13)26-20(27)17(30-22(26)25-12)10-14-8-9-15(23)11-16(14)24/h3-11,19H,1-2H3/t19-/m1/s1.